The molecule has 3 aromatic carbocycles. The summed E-state index contributed by atoms with van der Waals surface area (Å²) in [6.45, 7) is 4.58. The molecular formula is C26H23N3O2S. The number of carbonyl (C=O) groups is 2. The number of hydrogen-bond donors (Lipinski definition) is 1. The monoisotopic (exact) mass is 441 g/mol. The molecule has 0 saturated heterocycles. The number of thiazole rings is 1. The van der Waals surface area contributed by atoms with E-state index < -0.39 is 0 Å². The van der Waals surface area contributed by atoms with Gasteiger partial charge in [-0.15, -0.1) is 11.3 Å². The van der Waals surface area contributed by atoms with Crippen molar-refractivity contribution >= 4 is 44.7 Å². The van der Waals surface area contributed by atoms with Crippen molar-refractivity contribution in [3.63, 3.8) is 0 Å². The van der Waals surface area contributed by atoms with Gasteiger partial charge < -0.3 is 4.90 Å². The van der Waals surface area contributed by atoms with Crippen LogP contribution < -0.4 is 10.2 Å². The van der Waals surface area contributed by atoms with Crippen molar-refractivity contribution < 1.29 is 9.59 Å². The van der Waals surface area contributed by atoms with Crippen LogP contribution in [0.4, 0.5) is 10.8 Å². The van der Waals surface area contributed by atoms with Gasteiger partial charge in [0.15, 0.2) is 5.13 Å². The van der Waals surface area contributed by atoms with E-state index in [0.717, 1.165) is 46.2 Å². The van der Waals surface area contributed by atoms with Crippen LogP contribution in [0, 0.1) is 5.92 Å². The first-order valence-corrected chi connectivity index (χ1v) is 11.6. The largest absolute Gasteiger partial charge is 0.312 e. The van der Waals surface area contributed by atoms with Crippen molar-refractivity contribution in [1.29, 1.82) is 0 Å². The normalized spacial score (nSPS) is 12.9. The lowest BCUT2D eigenvalue weighted by Crippen LogP contribution is -2.32. The van der Waals surface area contributed by atoms with Gasteiger partial charge in [-0.25, -0.2) is 4.98 Å². The zero-order valence-electron chi connectivity index (χ0n) is 18.0. The first-order chi connectivity index (χ1) is 15.5. The third-order valence-electron chi connectivity index (χ3n) is 5.77. The van der Waals surface area contributed by atoms with Crippen molar-refractivity contribution in [3.05, 3.63) is 77.2 Å². The quantitative estimate of drug-likeness (QED) is 0.438. The number of amides is 2. The van der Waals surface area contributed by atoms with Gasteiger partial charge in [0, 0.05) is 34.7 Å². The molecule has 6 heteroatoms. The summed E-state index contributed by atoms with van der Waals surface area (Å²) < 4.78 is 0. The Morgan fingerprint density at radius 3 is 2.66 bits per heavy atom. The molecule has 1 aliphatic rings. The molecule has 160 valence electrons. The fourth-order valence-corrected chi connectivity index (χ4v) is 4.78. The lowest BCUT2D eigenvalue weighted by molar-refractivity contribution is -0.121. The Morgan fingerprint density at radius 2 is 1.84 bits per heavy atom. The zero-order chi connectivity index (χ0) is 22.2. The minimum absolute atomic E-state index is 0.0204. The smallest absolute Gasteiger partial charge is 0.257 e. The number of nitrogens with one attached hydrogen (secondary N) is 1. The van der Waals surface area contributed by atoms with Gasteiger partial charge in [-0.1, -0.05) is 50.2 Å². The molecule has 0 unspecified atom stereocenters. The van der Waals surface area contributed by atoms with Crippen LogP contribution in [-0.2, 0) is 11.2 Å². The van der Waals surface area contributed by atoms with Crippen LogP contribution in [0.15, 0.2) is 66.0 Å². The Balaban J connectivity index is 1.34. The number of nitrogens with zero attached hydrogens (tertiary/aromatic N) is 2. The number of carbonyl (C=O) groups excluding carboxylic acids is 2. The average Bonchev–Trinajstić information content (AvgIpc) is 3.44. The van der Waals surface area contributed by atoms with Crippen molar-refractivity contribution in [2.24, 2.45) is 5.92 Å². The van der Waals surface area contributed by atoms with Gasteiger partial charge in [0.1, 0.15) is 0 Å². The van der Waals surface area contributed by atoms with E-state index in [-0.39, 0.29) is 17.7 Å². The molecular weight excluding hydrogens is 418 g/mol. The van der Waals surface area contributed by atoms with Crippen LogP contribution in [0.2, 0.25) is 0 Å². The minimum Gasteiger partial charge on any atom is -0.312 e. The van der Waals surface area contributed by atoms with Crippen molar-refractivity contribution in [3.8, 4) is 11.3 Å². The van der Waals surface area contributed by atoms with Gasteiger partial charge in [0.05, 0.1) is 5.69 Å². The Hall–Kier alpha value is -3.51. The van der Waals surface area contributed by atoms with E-state index in [0.29, 0.717) is 10.7 Å². The summed E-state index contributed by atoms with van der Waals surface area (Å²) in [7, 11) is 0. The van der Waals surface area contributed by atoms with Gasteiger partial charge >= 0.3 is 0 Å². The van der Waals surface area contributed by atoms with E-state index in [2.05, 4.69) is 16.4 Å². The van der Waals surface area contributed by atoms with Crippen LogP contribution in [-0.4, -0.2) is 23.3 Å². The molecule has 4 aromatic rings. The van der Waals surface area contributed by atoms with Gasteiger partial charge in [0.2, 0.25) is 5.91 Å². The predicted octanol–water partition coefficient (Wildman–Crippen LogP) is 5.76. The molecule has 0 bridgehead atoms. The topological polar surface area (TPSA) is 62.3 Å². The van der Waals surface area contributed by atoms with E-state index in [9.17, 15) is 9.59 Å². The molecule has 2 amide bonds. The third kappa shape index (κ3) is 3.78. The summed E-state index contributed by atoms with van der Waals surface area (Å²) in [5.41, 5.74) is 4.57. The highest BCUT2D eigenvalue weighted by Gasteiger charge is 2.26. The number of fused-ring (bicyclic) bond motifs is 2. The summed E-state index contributed by atoms with van der Waals surface area (Å²) in [6, 6.07) is 19.8. The molecule has 0 saturated carbocycles. The highest BCUT2D eigenvalue weighted by molar-refractivity contribution is 7.14. The number of anilines is 2. The Labute approximate surface area is 190 Å². The number of aromatic nitrogens is 1. The van der Waals surface area contributed by atoms with Gasteiger partial charge in [0.25, 0.3) is 5.91 Å². The first kappa shape index (κ1) is 20.4. The number of rotatable bonds is 4. The molecule has 0 fully saturated rings. The van der Waals surface area contributed by atoms with E-state index in [1.807, 2.05) is 78.7 Å². The van der Waals surface area contributed by atoms with Crippen molar-refractivity contribution in [1.82, 2.24) is 4.98 Å². The second-order valence-corrected chi connectivity index (χ2v) is 9.15. The Bertz CT molecular complexity index is 1340. The Kier molecular flexibility index (Phi) is 5.23. The lowest BCUT2D eigenvalue weighted by Gasteiger charge is -2.19. The summed E-state index contributed by atoms with van der Waals surface area (Å²) in [4.78, 5) is 31.7. The maximum atomic E-state index is 12.7. The fourth-order valence-electron chi connectivity index (χ4n) is 4.07. The molecule has 0 spiro atoms. The van der Waals surface area contributed by atoms with Crippen LogP contribution in [0.1, 0.15) is 29.8 Å². The van der Waals surface area contributed by atoms with E-state index >= 15 is 0 Å². The van der Waals surface area contributed by atoms with Gasteiger partial charge in [-0.3, -0.25) is 14.9 Å². The molecule has 5 nitrogen and oxygen atoms in total. The van der Waals surface area contributed by atoms with Crippen molar-refractivity contribution in [2.45, 2.75) is 20.3 Å². The first-order valence-electron chi connectivity index (χ1n) is 10.7. The second kappa shape index (κ2) is 8.20. The maximum absolute atomic E-state index is 12.7. The molecule has 32 heavy (non-hydrogen) atoms. The van der Waals surface area contributed by atoms with Gasteiger partial charge in [-0.2, -0.15) is 0 Å². The number of hydrogen-bond acceptors (Lipinski definition) is 4. The molecule has 2 heterocycles. The third-order valence-corrected chi connectivity index (χ3v) is 6.52. The average molecular weight is 442 g/mol. The summed E-state index contributed by atoms with van der Waals surface area (Å²) in [5.74, 6) is -0.0368. The molecule has 0 radical (unpaired) electrons. The summed E-state index contributed by atoms with van der Waals surface area (Å²) >= 11 is 1.41. The summed E-state index contributed by atoms with van der Waals surface area (Å²) in [6.07, 6.45) is 0.845. The summed E-state index contributed by atoms with van der Waals surface area (Å²) in [5, 5.41) is 7.56. The van der Waals surface area contributed by atoms with E-state index in [4.69, 9.17) is 0 Å². The predicted molar refractivity (Wildman–Crippen MR) is 130 cm³/mol. The van der Waals surface area contributed by atoms with Crippen LogP contribution >= 0.6 is 11.3 Å². The molecule has 0 aliphatic carbocycles. The highest BCUT2D eigenvalue weighted by atomic mass is 32.1. The van der Waals surface area contributed by atoms with Crippen LogP contribution in [0.5, 0.6) is 0 Å². The molecule has 0 atom stereocenters. The lowest BCUT2D eigenvalue weighted by atomic mass is 10.1. The van der Waals surface area contributed by atoms with Gasteiger partial charge in [-0.05, 0) is 47.0 Å². The van der Waals surface area contributed by atoms with Crippen LogP contribution in [0.25, 0.3) is 22.0 Å². The second-order valence-electron chi connectivity index (χ2n) is 8.29. The molecule has 1 N–H and O–H groups in total. The maximum Gasteiger partial charge on any atom is 0.257 e. The van der Waals surface area contributed by atoms with Crippen LogP contribution in [0.3, 0.4) is 0 Å². The van der Waals surface area contributed by atoms with Crippen molar-refractivity contribution in [2.75, 3.05) is 16.8 Å². The number of benzene rings is 3. The van der Waals surface area contributed by atoms with E-state index in [1.54, 1.807) is 0 Å². The molecule has 1 aliphatic heterocycles. The zero-order valence-corrected chi connectivity index (χ0v) is 18.8. The molecule has 5 rings (SSSR count). The minimum atomic E-state index is -0.173. The van der Waals surface area contributed by atoms with E-state index in [1.165, 1.54) is 11.3 Å². The Morgan fingerprint density at radius 1 is 1.03 bits per heavy atom. The SMILES string of the molecule is CC(C)C(=O)N1CCc2cc(-c3csc(NC(=O)c4ccc5ccccc5c4)n3)ccc21. The highest BCUT2D eigenvalue weighted by Crippen LogP contribution is 2.34. The fraction of sp³-hybridized carbons (Fsp3) is 0.192. The molecule has 1 aromatic heterocycles. The standard InChI is InChI=1S/C26H23N3O2S/c1-16(2)25(31)29-12-11-20-14-19(9-10-23(20)29)22-15-32-26(27-22)28-24(30)21-8-7-17-5-3-4-6-18(17)13-21/h3-10,13-16H,11-12H2,1-2H3,(H,27,28,30).